The molecule has 0 fully saturated rings. The van der Waals surface area contributed by atoms with Gasteiger partial charge in [-0.2, -0.15) is 0 Å². The molecule has 0 aliphatic rings. The number of oxazole rings is 1. The van der Waals surface area contributed by atoms with Crippen LogP contribution in [-0.4, -0.2) is 35.7 Å². The molecular formula is C26H32BrN3O4. The molecule has 7 nitrogen and oxygen atoms in total. The standard InChI is InChI=1S/C12H12BrNO.C10H8N2O3.2C2H6/c1-3-4-9(2)14-12(15)10-5-7-11(13)8-6-10;13-6-11-5-8(14)10-12-7-3-1-2-4-9(7)15-10;2*1-2/h1,5-9H,4H2,2H3,(H,14,15);1-4,6H,5H2,(H,11,13);2*1-2H3. The predicted molar refractivity (Wildman–Crippen MR) is 140 cm³/mol. The first kappa shape index (κ1) is 30.6. The fourth-order valence-corrected chi connectivity index (χ4v) is 2.60. The smallest absolute Gasteiger partial charge is 0.266 e. The van der Waals surface area contributed by atoms with Gasteiger partial charge >= 0.3 is 0 Å². The lowest BCUT2D eigenvalue weighted by atomic mass is 10.2. The van der Waals surface area contributed by atoms with Crippen molar-refractivity contribution in [1.29, 1.82) is 0 Å². The maximum absolute atomic E-state index is 11.6. The van der Waals surface area contributed by atoms with Crippen LogP contribution in [0.1, 0.15) is 62.1 Å². The number of ketones is 1. The van der Waals surface area contributed by atoms with Crippen LogP contribution in [0.4, 0.5) is 0 Å². The minimum Gasteiger partial charge on any atom is -0.434 e. The van der Waals surface area contributed by atoms with E-state index in [-0.39, 0.29) is 30.2 Å². The highest BCUT2D eigenvalue weighted by Gasteiger charge is 2.13. The third kappa shape index (κ3) is 10.9. The summed E-state index contributed by atoms with van der Waals surface area (Å²) in [7, 11) is 0. The number of benzene rings is 2. The number of nitrogens with one attached hydrogen (secondary N) is 2. The van der Waals surface area contributed by atoms with E-state index >= 15 is 0 Å². The Morgan fingerprint density at radius 2 is 1.74 bits per heavy atom. The molecule has 0 spiro atoms. The van der Waals surface area contributed by atoms with Gasteiger partial charge in [0.05, 0.1) is 6.54 Å². The number of terminal acetylenes is 1. The predicted octanol–water partition coefficient (Wildman–Crippen LogP) is 5.40. The molecule has 1 heterocycles. The van der Waals surface area contributed by atoms with Gasteiger partial charge in [-0.05, 0) is 43.3 Å². The van der Waals surface area contributed by atoms with E-state index in [1.165, 1.54) is 0 Å². The van der Waals surface area contributed by atoms with Gasteiger partial charge in [-0.3, -0.25) is 14.4 Å². The number of hydrogen-bond donors (Lipinski definition) is 2. The average molecular weight is 530 g/mol. The first-order chi connectivity index (χ1) is 16.4. The normalized spacial score (nSPS) is 9.91. The maximum atomic E-state index is 11.6. The number of aromatic nitrogens is 1. The zero-order chi connectivity index (χ0) is 25.9. The zero-order valence-corrected chi connectivity index (χ0v) is 21.8. The van der Waals surface area contributed by atoms with Gasteiger partial charge in [-0.1, -0.05) is 55.8 Å². The molecule has 0 saturated carbocycles. The van der Waals surface area contributed by atoms with Crippen LogP contribution in [0.5, 0.6) is 0 Å². The second-order valence-electron chi connectivity index (χ2n) is 6.20. The maximum Gasteiger partial charge on any atom is 0.266 e. The van der Waals surface area contributed by atoms with Crippen LogP contribution < -0.4 is 10.6 Å². The minimum absolute atomic E-state index is 0.00569. The minimum atomic E-state index is -0.349. The van der Waals surface area contributed by atoms with E-state index in [9.17, 15) is 14.4 Å². The number of halogens is 1. The highest BCUT2D eigenvalue weighted by atomic mass is 79.9. The Kier molecular flexibility index (Phi) is 16.2. The van der Waals surface area contributed by atoms with E-state index in [0.717, 1.165) is 4.47 Å². The van der Waals surface area contributed by atoms with Crippen LogP contribution >= 0.6 is 15.9 Å². The topological polar surface area (TPSA) is 101 Å². The van der Waals surface area contributed by atoms with Gasteiger partial charge < -0.3 is 15.1 Å². The van der Waals surface area contributed by atoms with E-state index in [1.54, 1.807) is 30.3 Å². The lowest BCUT2D eigenvalue weighted by molar-refractivity contribution is -0.109. The second-order valence-corrected chi connectivity index (χ2v) is 7.11. The number of carbonyl (C=O) groups excluding carboxylic acids is 3. The SMILES string of the molecule is C#CCC(C)NC(=O)c1ccc(Br)cc1.CC.CC.O=CNCC(=O)c1nc2ccccc2o1. The largest absolute Gasteiger partial charge is 0.434 e. The Morgan fingerprint density at radius 3 is 2.29 bits per heavy atom. The number of rotatable bonds is 7. The van der Waals surface area contributed by atoms with Crippen molar-refractivity contribution in [2.45, 2.75) is 47.1 Å². The Hall–Kier alpha value is -3.44. The van der Waals surface area contributed by atoms with Crippen LogP contribution in [0.25, 0.3) is 11.1 Å². The lowest BCUT2D eigenvalue weighted by Crippen LogP contribution is -2.32. The van der Waals surface area contributed by atoms with Crippen molar-refractivity contribution in [1.82, 2.24) is 15.6 Å². The second kappa shape index (κ2) is 18.0. The Morgan fingerprint density at radius 1 is 1.12 bits per heavy atom. The van der Waals surface area contributed by atoms with Crippen molar-refractivity contribution in [2.24, 2.45) is 0 Å². The summed E-state index contributed by atoms with van der Waals surface area (Å²) < 4.78 is 6.16. The molecule has 8 heteroatoms. The van der Waals surface area contributed by atoms with Gasteiger partial charge in [0.1, 0.15) is 5.52 Å². The molecule has 2 amide bonds. The highest BCUT2D eigenvalue weighted by Crippen LogP contribution is 2.14. The Labute approximate surface area is 209 Å². The van der Waals surface area contributed by atoms with E-state index < -0.39 is 0 Å². The summed E-state index contributed by atoms with van der Waals surface area (Å²) >= 11 is 3.31. The molecule has 0 radical (unpaired) electrons. The van der Waals surface area contributed by atoms with Crippen LogP contribution in [0, 0.1) is 12.3 Å². The van der Waals surface area contributed by atoms with Crippen molar-refractivity contribution >= 4 is 45.1 Å². The molecule has 0 aliphatic heterocycles. The Bertz CT molecular complexity index is 1020. The molecule has 1 atom stereocenters. The third-order valence-corrected chi connectivity index (χ3v) is 4.31. The van der Waals surface area contributed by atoms with Crippen LogP contribution in [0.15, 0.2) is 57.4 Å². The Balaban J connectivity index is 0.000000559. The fourth-order valence-electron chi connectivity index (χ4n) is 2.34. The average Bonchev–Trinajstić information content (AvgIpc) is 3.30. The third-order valence-electron chi connectivity index (χ3n) is 3.79. The highest BCUT2D eigenvalue weighted by molar-refractivity contribution is 9.10. The van der Waals surface area contributed by atoms with Crippen LogP contribution in [0.2, 0.25) is 0 Å². The number of nitrogens with zero attached hydrogens (tertiary/aromatic N) is 1. The first-order valence-electron chi connectivity index (χ1n) is 11.0. The molecule has 182 valence electrons. The van der Waals surface area contributed by atoms with Gasteiger partial charge in [-0.25, -0.2) is 4.98 Å². The monoisotopic (exact) mass is 529 g/mol. The molecule has 0 bridgehead atoms. The van der Waals surface area contributed by atoms with Gasteiger partial charge in [0.2, 0.25) is 12.2 Å². The number of fused-ring (bicyclic) bond motifs is 1. The van der Waals surface area contributed by atoms with E-state index in [2.05, 4.69) is 37.5 Å². The van der Waals surface area contributed by atoms with Crippen molar-refractivity contribution in [2.75, 3.05) is 6.54 Å². The van der Waals surface area contributed by atoms with Gasteiger partial charge in [0, 0.05) is 22.5 Å². The summed E-state index contributed by atoms with van der Waals surface area (Å²) in [6.07, 6.45) is 6.16. The van der Waals surface area contributed by atoms with E-state index in [0.29, 0.717) is 29.5 Å². The number of amides is 2. The molecule has 0 aliphatic carbocycles. The fraction of sp³-hybridized carbons (Fsp3) is 0.308. The summed E-state index contributed by atoms with van der Waals surface area (Å²) in [6, 6.07) is 14.3. The molecule has 3 aromatic rings. The summed E-state index contributed by atoms with van der Waals surface area (Å²) in [5.41, 5.74) is 1.83. The quantitative estimate of drug-likeness (QED) is 0.242. The van der Waals surface area contributed by atoms with Crippen molar-refractivity contribution in [3.63, 3.8) is 0 Å². The number of carbonyl (C=O) groups is 3. The molecule has 2 N–H and O–H groups in total. The number of hydrogen-bond acceptors (Lipinski definition) is 5. The summed E-state index contributed by atoms with van der Waals surface area (Å²) in [6.45, 7) is 9.78. The first-order valence-corrected chi connectivity index (χ1v) is 11.8. The molecular weight excluding hydrogens is 498 g/mol. The molecule has 2 aromatic carbocycles. The molecule has 1 unspecified atom stereocenters. The summed E-state index contributed by atoms with van der Waals surface area (Å²) in [5.74, 6) is 2.09. The summed E-state index contributed by atoms with van der Waals surface area (Å²) in [4.78, 5) is 37.0. The molecule has 1 aromatic heterocycles. The van der Waals surface area contributed by atoms with Crippen molar-refractivity contribution in [3.05, 3.63) is 64.5 Å². The van der Waals surface area contributed by atoms with Gasteiger partial charge in [0.25, 0.3) is 11.8 Å². The number of para-hydroxylation sites is 2. The van der Waals surface area contributed by atoms with Gasteiger partial charge in [0.15, 0.2) is 5.58 Å². The van der Waals surface area contributed by atoms with E-state index in [4.69, 9.17) is 10.8 Å². The molecule has 34 heavy (non-hydrogen) atoms. The zero-order valence-electron chi connectivity index (χ0n) is 20.2. The van der Waals surface area contributed by atoms with Crippen LogP contribution in [0.3, 0.4) is 0 Å². The van der Waals surface area contributed by atoms with Crippen molar-refractivity contribution < 1.29 is 18.8 Å². The molecule has 3 rings (SSSR count). The van der Waals surface area contributed by atoms with Crippen LogP contribution in [-0.2, 0) is 4.79 Å². The number of Topliss-reactive ketones (excluding diaryl/α,β-unsaturated/α-hetero) is 1. The summed E-state index contributed by atoms with van der Waals surface area (Å²) in [5, 5.41) is 5.08. The van der Waals surface area contributed by atoms with E-state index in [1.807, 2.05) is 52.8 Å². The molecule has 0 saturated heterocycles. The van der Waals surface area contributed by atoms with Crippen molar-refractivity contribution in [3.8, 4) is 12.3 Å². The van der Waals surface area contributed by atoms with Gasteiger partial charge in [-0.15, -0.1) is 12.3 Å². The lowest BCUT2D eigenvalue weighted by Gasteiger charge is -2.10.